The first kappa shape index (κ1) is 13.7. The van der Waals surface area contributed by atoms with Crippen LogP contribution >= 0.6 is 0 Å². The van der Waals surface area contributed by atoms with E-state index >= 15 is 0 Å². The van der Waals surface area contributed by atoms with Crippen LogP contribution in [0.25, 0.3) is 0 Å². The number of likely N-dealkylation sites (N-methyl/N-ethyl adjacent to an activating group) is 1. The Kier molecular flexibility index (Phi) is 6.86. The van der Waals surface area contributed by atoms with Gasteiger partial charge in [0.2, 0.25) is 0 Å². The average Bonchev–Trinajstić information content (AvgIpc) is 2.02. The molecule has 0 bridgehead atoms. The predicted molar refractivity (Wildman–Crippen MR) is 46.0 cm³/mol. The van der Waals surface area contributed by atoms with Gasteiger partial charge in [-0.2, -0.15) is 13.2 Å². The highest BCUT2D eigenvalue weighted by Gasteiger charge is 2.25. The molecule has 0 radical (unpaired) electrons. The van der Waals surface area contributed by atoms with Crippen molar-refractivity contribution in [3.8, 4) is 0 Å². The second kappa shape index (κ2) is 7.03. The van der Waals surface area contributed by atoms with Gasteiger partial charge >= 0.3 is 6.18 Å². The molecule has 0 amide bonds. The number of rotatable bonds is 7. The molecule has 6 heteroatoms. The van der Waals surface area contributed by atoms with E-state index in [4.69, 9.17) is 9.84 Å². The minimum Gasteiger partial charge on any atom is -0.389 e. The van der Waals surface area contributed by atoms with E-state index in [0.717, 1.165) is 0 Å². The van der Waals surface area contributed by atoms with Gasteiger partial charge in [0.15, 0.2) is 0 Å². The lowest BCUT2D eigenvalue weighted by atomic mass is 10.3. The Morgan fingerprint density at radius 3 is 2.57 bits per heavy atom. The maximum Gasteiger partial charge on any atom is 0.389 e. The first-order valence-corrected chi connectivity index (χ1v) is 4.43. The van der Waals surface area contributed by atoms with Gasteiger partial charge < -0.3 is 15.2 Å². The molecule has 14 heavy (non-hydrogen) atoms. The number of alkyl halides is 3. The third-order valence-electron chi connectivity index (χ3n) is 1.50. The molecule has 2 N–H and O–H groups in total. The molecule has 0 fully saturated rings. The quantitative estimate of drug-likeness (QED) is 0.621. The van der Waals surface area contributed by atoms with Crippen LogP contribution in [0.15, 0.2) is 0 Å². The summed E-state index contributed by atoms with van der Waals surface area (Å²) in [6, 6.07) is 0. The summed E-state index contributed by atoms with van der Waals surface area (Å²) in [5.41, 5.74) is 0. The van der Waals surface area contributed by atoms with E-state index in [1.807, 2.05) is 0 Å². The van der Waals surface area contributed by atoms with Gasteiger partial charge in [0, 0.05) is 19.6 Å². The third-order valence-corrected chi connectivity index (χ3v) is 1.50. The van der Waals surface area contributed by atoms with Crippen molar-refractivity contribution >= 4 is 0 Å². The fourth-order valence-electron chi connectivity index (χ4n) is 0.889. The van der Waals surface area contributed by atoms with E-state index in [0.29, 0.717) is 6.54 Å². The summed E-state index contributed by atoms with van der Waals surface area (Å²) < 4.78 is 39.8. The molecule has 1 unspecified atom stereocenters. The summed E-state index contributed by atoms with van der Waals surface area (Å²) in [5, 5.41) is 11.8. The van der Waals surface area contributed by atoms with Crippen LogP contribution in [0, 0.1) is 0 Å². The van der Waals surface area contributed by atoms with Crippen molar-refractivity contribution in [1.29, 1.82) is 0 Å². The maximum absolute atomic E-state index is 11.6. The molecule has 0 rings (SSSR count). The number of halogens is 3. The van der Waals surface area contributed by atoms with Gasteiger partial charge in [0.1, 0.15) is 0 Å². The van der Waals surface area contributed by atoms with Crippen LogP contribution in [-0.2, 0) is 4.74 Å². The summed E-state index contributed by atoms with van der Waals surface area (Å²) in [5.74, 6) is 0. The summed E-state index contributed by atoms with van der Waals surface area (Å²) in [6.45, 7) is 0.470. The summed E-state index contributed by atoms with van der Waals surface area (Å²) in [4.78, 5) is 0. The molecule has 1 atom stereocenters. The molecular weight excluding hydrogens is 199 g/mol. The molecule has 0 saturated heterocycles. The standard InChI is InChI=1S/C8H16F3NO2/c1-12-5-7(13)6-14-4-2-3-8(9,10)11/h7,12-13H,2-6H2,1H3. The Morgan fingerprint density at radius 1 is 1.43 bits per heavy atom. The zero-order chi connectivity index (χ0) is 11.0. The molecular formula is C8H16F3NO2. The summed E-state index contributed by atoms with van der Waals surface area (Å²) in [7, 11) is 1.67. The Labute approximate surface area is 81.2 Å². The van der Waals surface area contributed by atoms with E-state index in [9.17, 15) is 13.2 Å². The molecule has 3 nitrogen and oxygen atoms in total. The normalized spacial score (nSPS) is 14.4. The highest BCUT2D eigenvalue weighted by Crippen LogP contribution is 2.20. The smallest absolute Gasteiger partial charge is 0.389 e. The lowest BCUT2D eigenvalue weighted by Gasteiger charge is -2.10. The van der Waals surface area contributed by atoms with Crippen LogP contribution in [0.4, 0.5) is 13.2 Å². The summed E-state index contributed by atoms with van der Waals surface area (Å²) >= 11 is 0. The molecule has 86 valence electrons. The van der Waals surface area contributed by atoms with Gasteiger partial charge in [-0.1, -0.05) is 0 Å². The molecule has 0 aliphatic rings. The first-order valence-electron chi connectivity index (χ1n) is 4.43. The van der Waals surface area contributed by atoms with E-state index < -0.39 is 18.7 Å². The van der Waals surface area contributed by atoms with Gasteiger partial charge in [-0.25, -0.2) is 0 Å². The van der Waals surface area contributed by atoms with E-state index in [-0.39, 0.29) is 19.6 Å². The van der Waals surface area contributed by atoms with Gasteiger partial charge in [0.05, 0.1) is 12.7 Å². The lowest BCUT2D eigenvalue weighted by Crippen LogP contribution is -2.28. The number of ether oxygens (including phenoxy) is 1. The van der Waals surface area contributed by atoms with Crippen LogP contribution in [0.5, 0.6) is 0 Å². The van der Waals surface area contributed by atoms with Crippen molar-refractivity contribution in [2.24, 2.45) is 0 Å². The van der Waals surface area contributed by atoms with Gasteiger partial charge in [-0.05, 0) is 13.5 Å². The molecule has 0 aromatic carbocycles. The molecule has 0 spiro atoms. The fourth-order valence-corrected chi connectivity index (χ4v) is 0.889. The Bertz CT molecular complexity index is 141. The minimum atomic E-state index is -4.12. The van der Waals surface area contributed by atoms with Gasteiger partial charge in [0.25, 0.3) is 0 Å². The number of hydrogen-bond acceptors (Lipinski definition) is 3. The largest absolute Gasteiger partial charge is 0.389 e. The van der Waals surface area contributed by atoms with Crippen molar-refractivity contribution in [2.75, 3.05) is 26.8 Å². The first-order chi connectivity index (χ1) is 6.45. The SMILES string of the molecule is CNCC(O)COCCCC(F)(F)F. The zero-order valence-corrected chi connectivity index (χ0v) is 8.10. The topological polar surface area (TPSA) is 41.5 Å². The fraction of sp³-hybridized carbons (Fsp3) is 1.00. The van der Waals surface area contributed by atoms with Gasteiger partial charge in [-0.15, -0.1) is 0 Å². The molecule has 0 saturated carbocycles. The lowest BCUT2D eigenvalue weighted by molar-refractivity contribution is -0.138. The molecule has 0 heterocycles. The molecule has 0 aromatic rings. The van der Waals surface area contributed by atoms with Crippen molar-refractivity contribution in [3.63, 3.8) is 0 Å². The van der Waals surface area contributed by atoms with Crippen molar-refractivity contribution in [1.82, 2.24) is 5.32 Å². The van der Waals surface area contributed by atoms with Crippen LogP contribution in [0.3, 0.4) is 0 Å². The van der Waals surface area contributed by atoms with Crippen molar-refractivity contribution in [2.45, 2.75) is 25.1 Å². The third kappa shape index (κ3) is 9.76. The Morgan fingerprint density at radius 2 is 2.07 bits per heavy atom. The number of hydrogen-bond donors (Lipinski definition) is 2. The number of aliphatic hydroxyl groups is 1. The second-order valence-corrected chi connectivity index (χ2v) is 3.01. The molecule has 0 aliphatic carbocycles. The highest BCUT2D eigenvalue weighted by molar-refractivity contribution is 4.55. The van der Waals surface area contributed by atoms with Crippen LogP contribution in [-0.4, -0.2) is 44.2 Å². The Balaban J connectivity index is 3.21. The predicted octanol–water partition coefficient (Wildman–Crippen LogP) is 0.926. The monoisotopic (exact) mass is 215 g/mol. The minimum absolute atomic E-state index is 0.0281. The van der Waals surface area contributed by atoms with Crippen LogP contribution in [0.2, 0.25) is 0 Å². The van der Waals surface area contributed by atoms with Crippen LogP contribution in [0.1, 0.15) is 12.8 Å². The number of aliphatic hydroxyl groups excluding tert-OH is 1. The zero-order valence-electron chi connectivity index (χ0n) is 8.10. The van der Waals surface area contributed by atoms with E-state index in [1.54, 1.807) is 7.05 Å². The molecule has 0 aromatic heterocycles. The van der Waals surface area contributed by atoms with Crippen molar-refractivity contribution in [3.05, 3.63) is 0 Å². The van der Waals surface area contributed by atoms with E-state index in [2.05, 4.69) is 5.32 Å². The highest BCUT2D eigenvalue weighted by atomic mass is 19.4. The second-order valence-electron chi connectivity index (χ2n) is 3.01. The maximum atomic E-state index is 11.6. The van der Waals surface area contributed by atoms with Crippen LogP contribution < -0.4 is 5.32 Å². The van der Waals surface area contributed by atoms with Crippen molar-refractivity contribution < 1.29 is 23.0 Å². The van der Waals surface area contributed by atoms with E-state index in [1.165, 1.54) is 0 Å². The average molecular weight is 215 g/mol. The molecule has 0 aliphatic heterocycles. The van der Waals surface area contributed by atoms with Gasteiger partial charge in [-0.3, -0.25) is 0 Å². The Hall–Kier alpha value is -0.330. The number of nitrogens with one attached hydrogen (secondary N) is 1. The summed E-state index contributed by atoms with van der Waals surface area (Å²) in [6.07, 6.45) is -5.68.